The van der Waals surface area contributed by atoms with Crippen molar-refractivity contribution in [2.24, 2.45) is 17.8 Å². The first kappa shape index (κ1) is 89.5. The molecule has 0 aliphatic heterocycles. The maximum atomic E-state index is 13.0. The number of carbonyl (C=O) groups excluding carboxylic acids is 4. The number of phosphoric ester groups is 2. The van der Waals surface area contributed by atoms with Gasteiger partial charge in [-0.05, 0) is 69.1 Å². The Kier molecular flexibility index (Phi) is 61.6. The molecule has 0 aromatic heterocycles. The third kappa shape index (κ3) is 64.9. The summed E-state index contributed by atoms with van der Waals surface area (Å²) in [6, 6.07) is 0. The van der Waals surface area contributed by atoms with Gasteiger partial charge in [0.1, 0.15) is 19.3 Å². The van der Waals surface area contributed by atoms with Gasteiger partial charge in [-0.1, -0.05) is 291 Å². The fraction of sp³-hybridized carbons (Fsp3) is 0.890. The number of allylic oxidation sites excluding steroid dienone is 4. The van der Waals surface area contributed by atoms with Crippen molar-refractivity contribution in [2.45, 2.75) is 362 Å². The van der Waals surface area contributed by atoms with Crippen molar-refractivity contribution in [1.82, 2.24) is 0 Å². The summed E-state index contributed by atoms with van der Waals surface area (Å²) in [5.74, 6) is 0.0422. The molecule has 17 nitrogen and oxygen atoms in total. The molecule has 0 aliphatic carbocycles. The Hall–Kier alpha value is -2.46. The molecule has 0 saturated carbocycles. The van der Waals surface area contributed by atoms with Gasteiger partial charge in [0, 0.05) is 25.7 Å². The highest BCUT2D eigenvalue weighted by atomic mass is 31.2. The molecule has 0 aromatic rings. The lowest BCUT2D eigenvalue weighted by atomic mass is 10.00. The fourth-order valence-electron chi connectivity index (χ4n) is 10.5. The molecular formula is C73H138O17P2. The number of aliphatic hydroxyl groups is 1. The van der Waals surface area contributed by atoms with E-state index >= 15 is 0 Å². The molecule has 3 unspecified atom stereocenters. The van der Waals surface area contributed by atoms with E-state index in [0.717, 1.165) is 121 Å². The van der Waals surface area contributed by atoms with E-state index in [2.05, 4.69) is 72.8 Å². The Labute approximate surface area is 561 Å². The van der Waals surface area contributed by atoms with Crippen LogP contribution in [0.4, 0.5) is 0 Å². The van der Waals surface area contributed by atoms with Crippen LogP contribution in [-0.2, 0) is 65.4 Å². The summed E-state index contributed by atoms with van der Waals surface area (Å²) in [5.41, 5.74) is 0. The van der Waals surface area contributed by atoms with Crippen molar-refractivity contribution in [3.63, 3.8) is 0 Å². The standard InChI is InChI=1S/C73H138O17P2/c1-8-10-11-12-13-14-15-16-18-23-26-29-32-42-49-56-72(77)89-68(60-83-70(75)54-47-40-31-28-25-22-20-17-19-21-24-27-30-37-44-51-64(3)4)62-87-91(79,80)85-58-67(74)59-86-92(81,82)88-63-69(61-84-71(76)55-48-41-35-33-38-45-52-65(5)6)90-73(78)57-50-43-36-34-39-46-53-66(7)9-2/h14-16,18,64-69,74H,8-13,17,19-63H2,1-7H3,(H,79,80)(H,81,82)/b15-14-,18-16-/t66?,67-,68-,69-/m1/s1. The van der Waals surface area contributed by atoms with Crippen LogP contribution in [-0.4, -0.2) is 96.7 Å². The SMILES string of the molecule is CCCCCC/C=C\C=C/CCCCCCCC(=O)O[C@H](COC(=O)CCCCCCCCCCCCCCCCCC(C)C)COP(=O)(O)OC[C@@H](O)COP(=O)(O)OC[C@@H](COC(=O)CCCCCCCCC(C)C)OC(=O)CCCCCCCCC(C)CC. The number of hydrogen-bond donors (Lipinski definition) is 3. The van der Waals surface area contributed by atoms with E-state index in [1.165, 1.54) is 135 Å². The van der Waals surface area contributed by atoms with Crippen LogP contribution in [0, 0.1) is 17.8 Å². The average Bonchev–Trinajstić information content (AvgIpc) is 3.73. The molecule has 0 rings (SSSR count). The van der Waals surface area contributed by atoms with E-state index in [-0.39, 0.29) is 25.7 Å². The second-order valence-corrected chi connectivity index (χ2v) is 29.7. The van der Waals surface area contributed by atoms with E-state index in [1.54, 1.807) is 0 Å². The van der Waals surface area contributed by atoms with Crippen LogP contribution in [0.1, 0.15) is 344 Å². The number of esters is 4. The van der Waals surface area contributed by atoms with Crippen LogP contribution in [0.5, 0.6) is 0 Å². The number of hydrogen-bond acceptors (Lipinski definition) is 15. The van der Waals surface area contributed by atoms with Crippen LogP contribution in [0.15, 0.2) is 24.3 Å². The number of rotatable bonds is 69. The van der Waals surface area contributed by atoms with E-state index in [0.29, 0.717) is 31.6 Å². The molecule has 0 aliphatic rings. The lowest BCUT2D eigenvalue weighted by Crippen LogP contribution is -2.30. The highest BCUT2D eigenvalue weighted by Gasteiger charge is 2.30. The number of unbranched alkanes of at least 4 members (excludes halogenated alkanes) is 33. The van der Waals surface area contributed by atoms with E-state index in [9.17, 15) is 43.2 Å². The van der Waals surface area contributed by atoms with Gasteiger partial charge >= 0.3 is 39.5 Å². The fourth-order valence-corrected chi connectivity index (χ4v) is 12.1. The zero-order valence-electron chi connectivity index (χ0n) is 59.5. The predicted octanol–water partition coefficient (Wildman–Crippen LogP) is 20.6. The Morgan fingerprint density at radius 3 is 0.967 bits per heavy atom. The third-order valence-corrected chi connectivity index (χ3v) is 18.5. The summed E-state index contributed by atoms with van der Waals surface area (Å²) in [4.78, 5) is 72.6. The van der Waals surface area contributed by atoms with Crippen LogP contribution >= 0.6 is 15.6 Å². The molecule has 0 aromatic carbocycles. The van der Waals surface area contributed by atoms with E-state index in [1.807, 2.05) is 0 Å². The zero-order valence-corrected chi connectivity index (χ0v) is 61.3. The Morgan fingerprint density at radius 2 is 0.641 bits per heavy atom. The van der Waals surface area contributed by atoms with Crippen LogP contribution in [0.3, 0.4) is 0 Å². The zero-order chi connectivity index (χ0) is 68.0. The van der Waals surface area contributed by atoms with Crippen molar-refractivity contribution < 1.29 is 80.2 Å². The quantitative estimate of drug-likeness (QED) is 0.0169. The molecule has 0 saturated heterocycles. The summed E-state index contributed by atoms with van der Waals surface area (Å²) in [7, 11) is -9.92. The Bertz CT molecular complexity index is 1900. The van der Waals surface area contributed by atoms with Crippen molar-refractivity contribution in [3.8, 4) is 0 Å². The van der Waals surface area contributed by atoms with Crippen LogP contribution in [0.2, 0.25) is 0 Å². The lowest BCUT2D eigenvalue weighted by molar-refractivity contribution is -0.161. The summed E-state index contributed by atoms with van der Waals surface area (Å²) in [6.45, 7) is 11.7. The minimum Gasteiger partial charge on any atom is -0.462 e. The van der Waals surface area contributed by atoms with Gasteiger partial charge in [-0.3, -0.25) is 37.3 Å². The predicted molar refractivity (Wildman–Crippen MR) is 372 cm³/mol. The van der Waals surface area contributed by atoms with Gasteiger partial charge in [0.2, 0.25) is 0 Å². The Balaban J connectivity index is 5.25. The number of aliphatic hydroxyl groups excluding tert-OH is 1. The number of phosphoric acid groups is 2. The van der Waals surface area contributed by atoms with Gasteiger partial charge in [-0.15, -0.1) is 0 Å². The van der Waals surface area contributed by atoms with Crippen molar-refractivity contribution in [3.05, 3.63) is 24.3 Å². The molecule has 0 fully saturated rings. The second kappa shape index (κ2) is 63.3. The van der Waals surface area contributed by atoms with Crippen molar-refractivity contribution >= 4 is 39.5 Å². The Morgan fingerprint density at radius 1 is 0.359 bits per heavy atom. The summed E-state index contributed by atoms with van der Waals surface area (Å²) >= 11 is 0. The van der Waals surface area contributed by atoms with Crippen LogP contribution < -0.4 is 0 Å². The minimum absolute atomic E-state index is 0.0847. The smallest absolute Gasteiger partial charge is 0.462 e. The average molecular weight is 1350 g/mol. The largest absolute Gasteiger partial charge is 0.472 e. The number of ether oxygens (including phenoxy) is 4. The van der Waals surface area contributed by atoms with Crippen molar-refractivity contribution in [1.29, 1.82) is 0 Å². The van der Waals surface area contributed by atoms with Gasteiger partial charge in [0.05, 0.1) is 26.4 Å². The van der Waals surface area contributed by atoms with Gasteiger partial charge < -0.3 is 33.8 Å². The monoisotopic (exact) mass is 1350 g/mol. The molecule has 0 bridgehead atoms. The molecule has 542 valence electrons. The summed E-state index contributed by atoms with van der Waals surface area (Å²) < 4.78 is 68.3. The van der Waals surface area contributed by atoms with Crippen molar-refractivity contribution in [2.75, 3.05) is 39.6 Å². The lowest BCUT2D eigenvalue weighted by Gasteiger charge is -2.21. The normalized spacial score (nSPS) is 14.6. The molecule has 0 radical (unpaired) electrons. The molecule has 6 atom stereocenters. The molecule has 92 heavy (non-hydrogen) atoms. The van der Waals surface area contributed by atoms with Gasteiger partial charge in [0.25, 0.3) is 0 Å². The molecule has 0 spiro atoms. The maximum Gasteiger partial charge on any atom is 0.472 e. The first-order valence-electron chi connectivity index (χ1n) is 37.2. The molecule has 0 heterocycles. The highest BCUT2D eigenvalue weighted by molar-refractivity contribution is 7.47. The van der Waals surface area contributed by atoms with Gasteiger partial charge in [-0.2, -0.15) is 0 Å². The minimum atomic E-state index is -4.96. The molecule has 3 N–H and O–H groups in total. The highest BCUT2D eigenvalue weighted by Crippen LogP contribution is 2.45. The first-order chi connectivity index (χ1) is 44.3. The maximum absolute atomic E-state index is 13.0. The molecule has 0 amide bonds. The first-order valence-corrected chi connectivity index (χ1v) is 40.2. The topological polar surface area (TPSA) is 237 Å². The third-order valence-electron chi connectivity index (χ3n) is 16.6. The van der Waals surface area contributed by atoms with Crippen LogP contribution in [0.25, 0.3) is 0 Å². The van der Waals surface area contributed by atoms with Gasteiger partial charge in [-0.25, -0.2) is 9.13 Å². The van der Waals surface area contributed by atoms with E-state index in [4.69, 9.17) is 37.0 Å². The number of carbonyl (C=O) groups is 4. The molecule has 19 heteroatoms. The second-order valence-electron chi connectivity index (χ2n) is 26.8. The summed E-state index contributed by atoms with van der Waals surface area (Å²) in [5, 5.41) is 10.6. The van der Waals surface area contributed by atoms with E-state index < -0.39 is 97.5 Å². The molecular weight excluding hydrogens is 1210 g/mol. The summed E-state index contributed by atoms with van der Waals surface area (Å²) in [6.07, 6.45) is 51.1. The van der Waals surface area contributed by atoms with Gasteiger partial charge in [0.15, 0.2) is 12.2 Å².